The third-order valence-electron chi connectivity index (χ3n) is 6.55. The Morgan fingerprint density at radius 2 is 1.63 bits per heavy atom. The quantitative estimate of drug-likeness (QED) is 0.410. The second-order valence-corrected chi connectivity index (χ2v) is 8.91. The highest BCUT2D eigenvalue weighted by atomic mass is 19.4. The monoisotopic (exact) mass is 485 g/mol. The van der Waals surface area contributed by atoms with E-state index in [4.69, 9.17) is 14.8 Å². The molecule has 0 radical (unpaired) electrons. The predicted octanol–water partition coefficient (Wildman–Crippen LogP) is 7.37. The van der Waals surface area contributed by atoms with Crippen molar-refractivity contribution in [3.63, 3.8) is 0 Å². The summed E-state index contributed by atoms with van der Waals surface area (Å²) in [6.07, 6.45) is 8.50. The van der Waals surface area contributed by atoms with Gasteiger partial charge in [-0.2, -0.15) is 13.2 Å². The van der Waals surface area contributed by atoms with Crippen LogP contribution in [0, 0.1) is 0 Å². The van der Waals surface area contributed by atoms with Gasteiger partial charge in [-0.1, -0.05) is 73.1 Å². The van der Waals surface area contributed by atoms with Crippen LogP contribution in [0.2, 0.25) is 0 Å². The van der Waals surface area contributed by atoms with Gasteiger partial charge < -0.3 is 14.8 Å². The number of allylic oxidation sites excluding steroid dienone is 4. The summed E-state index contributed by atoms with van der Waals surface area (Å²) >= 11 is 0. The van der Waals surface area contributed by atoms with Gasteiger partial charge in [0.05, 0.1) is 0 Å². The zero-order chi connectivity index (χ0) is 23.7. The van der Waals surface area contributed by atoms with Crippen LogP contribution in [-0.4, -0.2) is 16.4 Å². The van der Waals surface area contributed by atoms with Gasteiger partial charge in [0.2, 0.25) is 0 Å². The van der Waals surface area contributed by atoms with E-state index in [-0.39, 0.29) is 24.6 Å². The fourth-order valence-electron chi connectivity index (χ4n) is 4.81. The summed E-state index contributed by atoms with van der Waals surface area (Å²) in [5, 5.41) is 7.83. The molecule has 186 valence electrons. The highest BCUT2D eigenvalue weighted by Gasteiger charge is 2.43. The average molecular weight is 486 g/mol. The number of hydrogen-bond acceptors (Lipinski definition) is 5. The van der Waals surface area contributed by atoms with E-state index in [2.05, 4.69) is 10.3 Å². The SMILES string of the molecule is C.FC(F)(F)c1c(-c2onc3c2CCc2ccccc2-3)noc1C1=CCCC=C1.NC1CCCC1. The van der Waals surface area contributed by atoms with Crippen LogP contribution in [0.3, 0.4) is 0 Å². The molecule has 35 heavy (non-hydrogen) atoms. The summed E-state index contributed by atoms with van der Waals surface area (Å²) in [5.74, 6) is -0.243. The Balaban J connectivity index is 0.000000363. The molecule has 0 amide bonds. The highest BCUT2D eigenvalue weighted by molar-refractivity contribution is 5.80. The first-order valence-corrected chi connectivity index (χ1v) is 11.7. The van der Waals surface area contributed by atoms with Gasteiger partial charge in [0.1, 0.15) is 11.3 Å². The molecular weight excluding hydrogens is 455 g/mol. The number of rotatable bonds is 2. The summed E-state index contributed by atoms with van der Waals surface area (Å²) in [5.41, 5.74) is 7.86. The zero-order valence-electron chi connectivity index (χ0n) is 18.7. The number of aromatic nitrogens is 2. The molecule has 6 rings (SSSR count). The highest BCUT2D eigenvalue weighted by Crippen LogP contribution is 2.45. The Bertz CT molecular complexity index is 1230. The van der Waals surface area contributed by atoms with Crippen molar-refractivity contribution >= 4 is 5.57 Å². The van der Waals surface area contributed by atoms with Crippen LogP contribution < -0.4 is 5.73 Å². The Labute approximate surface area is 202 Å². The number of alkyl halides is 3. The van der Waals surface area contributed by atoms with Crippen molar-refractivity contribution in [1.82, 2.24) is 10.3 Å². The molecule has 0 atom stereocenters. The maximum absolute atomic E-state index is 13.9. The molecule has 2 heterocycles. The van der Waals surface area contributed by atoms with Gasteiger partial charge >= 0.3 is 6.18 Å². The number of nitrogens with two attached hydrogens (primary N) is 1. The second kappa shape index (κ2) is 10.2. The lowest BCUT2D eigenvalue weighted by molar-refractivity contribution is -0.137. The summed E-state index contributed by atoms with van der Waals surface area (Å²) in [6, 6.07) is 8.24. The Kier molecular flexibility index (Phi) is 7.31. The lowest BCUT2D eigenvalue weighted by Crippen LogP contribution is -2.13. The van der Waals surface area contributed by atoms with Crippen LogP contribution in [0.4, 0.5) is 13.2 Å². The zero-order valence-corrected chi connectivity index (χ0v) is 18.7. The Morgan fingerprint density at radius 1 is 0.914 bits per heavy atom. The summed E-state index contributed by atoms with van der Waals surface area (Å²) in [4.78, 5) is 0. The van der Waals surface area contributed by atoms with Crippen molar-refractivity contribution < 1.29 is 22.2 Å². The van der Waals surface area contributed by atoms with E-state index < -0.39 is 11.7 Å². The number of nitrogens with zero attached hydrogens (tertiary/aromatic N) is 2. The van der Waals surface area contributed by atoms with Crippen molar-refractivity contribution in [2.24, 2.45) is 5.73 Å². The number of benzene rings is 1. The third kappa shape index (κ3) is 4.98. The van der Waals surface area contributed by atoms with Crippen LogP contribution in [0.25, 0.3) is 28.3 Å². The summed E-state index contributed by atoms with van der Waals surface area (Å²) < 4.78 is 52.4. The first-order chi connectivity index (χ1) is 16.4. The van der Waals surface area contributed by atoms with Crippen molar-refractivity contribution in [2.45, 2.75) is 71.0 Å². The number of halogens is 3. The number of hydrogen-bond donors (Lipinski definition) is 1. The molecular formula is C27H30F3N3O2. The van der Waals surface area contributed by atoms with Crippen LogP contribution in [-0.2, 0) is 19.0 Å². The summed E-state index contributed by atoms with van der Waals surface area (Å²) in [6.45, 7) is 0. The van der Waals surface area contributed by atoms with E-state index in [9.17, 15) is 13.2 Å². The van der Waals surface area contributed by atoms with Gasteiger partial charge in [-0.25, -0.2) is 0 Å². The van der Waals surface area contributed by atoms with Crippen molar-refractivity contribution in [3.05, 3.63) is 64.9 Å². The smallest absolute Gasteiger partial charge is 0.355 e. The Hall–Kier alpha value is -3.13. The van der Waals surface area contributed by atoms with Gasteiger partial charge in [-0.3, -0.25) is 0 Å². The van der Waals surface area contributed by atoms with Gasteiger partial charge in [-0.05, 0) is 44.1 Å². The first kappa shape index (κ1) is 25.0. The van der Waals surface area contributed by atoms with Gasteiger partial charge in [0.25, 0.3) is 0 Å². The largest absolute Gasteiger partial charge is 0.422 e. The molecule has 5 nitrogen and oxygen atoms in total. The minimum absolute atomic E-state index is 0. The third-order valence-corrected chi connectivity index (χ3v) is 6.55. The van der Waals surface area contributed by atoms with Crippen LogP contribution in [0.5, 0.6) is 0 Å². The van der Waals surface area contributed by atoms with Crippen molar-refractivity contribution in [1.29, 1.82) is 0 Å². The topological polar surface area (TPSA) is 78.1 Å². The minimum atomic E-state index is -4.64. The molecule has 0 spiro atoms. The van der Waals surface area contributed by atoms with E-state index in [0.29, 0.717) is 42.1 Å². The number of fused-ring (bicyclic) bond motifs is 3. The van der Waals surface area contributed by atoms with E-state index in [1.807, 2.05) is 30.3 Å². The Morgan fingerprint density at radius 3 is 2.29 bits per heavy atom. The van der Waals surface area contributed by atoms with Gasteiger partial charge in [-0.15, -0.1) is 0 Å². The van der Waals surface area contributed by atoms with Crippen LogP contribution in [0.1, 0.15) is 68.4 Å². The molecule has 0 aliphatic heterocycles. The molecule has 3 aliphatic carbocycles. The molecule has 2 aromatic heterocycles. The lowest BCUT2D eigenvalue weighted by atomic mass is 9.88. The molecule has 3 aliphatic rings. The van der Waals surface area contributed by atoms with Crippen LogP contribution in [0.15, 0.2) is 51.5 Å². The molecule has 1 aromatic carbocycles. The normalized spacial score (nSPS) is 17.1. The van der Waals surface area contributed by atoms with E-state index in [1.54, 1.807) is 12.2 Å². The van der Waals surface area contributed by atoms with Crippen molar-refractivity contribution in [3.8, 4) is 22.7 Å². The molecule has 1 saturated carbocycles. The molecule has 2 N–H and O–H groups in total. The lowest BCUT2D eigenvalue weighted by Gasteiger charge is -2.14. The maximum atomic E-state index is 13.9. The molecule has 0 saturated heterocycles. The predicted molar refractivity (Wildman–Crippen MR) is 129 cm³/mol. The minimum Gasteiger partial charge on any atom is -0.355 e. The van der Waals surface area contributed by atoms with E-state index in [0.717, 1.165) is 17.5 Å². The maximum Gasteiger partial charge on any atom is 0.422 e. The van der Waals surface area contributed by atoms with Crippen LogP contribution >= 0.6 is 0 Å². The molecule has 8 heteroatoms. The molecule has 0 bridgehead atoms. The molecule has 0 unspecified atom stereocenters. The first-order valence-electron chi connectivity index (χ1n) is 11.7. The molecule has 3 aromatic rings. The number of aryl methyl sites for hydroxylation is 1. The van der Waals surface area contributed by atoms with Gasteiger partial charge in [0, 0.05) is 22.7 Å². The standard InChI is InChI=1S/C21H15F3N2O2.C5H11N.CH4/c22-21(23,24)16-18(26-27-19(16)13-7-2-1-3-8-13)20-15-11-10-12-6-4-5-9-14(12)17(15)25-28-20;6-5-3-1-2-4-5;/h2,4-9H,1,3,10-11H2;5H,1-4,6H2;1H4. The fraction of sp³-hybridized carbons (Fsp3) is 0.407. The summed E-state index contributed by atoms with van der Waals surface area (Å²) in [7, 11) is 0. The fourth-order valence-corrected chi connectivity index (χ4v) is 4.81. The molecule has 1 fully saturated rings. The second-order valence-electron chi connectivity index (χ2n) is 8.91. The van der Waals surface area contributed by atoms with E-state index >= 15 is 0 Å². The van der Waals surface area contributed by atoms with E-state index in [1.165, 1.54) is 25.7 Å². The average Bonchev–Trinajstić information content (AvgIpc) is 3.58. The van der Waals surface area contributed by atoms with Crippen molar-refractivity contribution in [2.75, 3.05) is 0 Å². The van der Waals surface area contributed by atoms with Gasteiger partial charge in [0.15, 0.2) is 17.2 Å².